The van der Waals surface area contributed by atoms with Crippen LogP contribution in [-0.4, -0.2) is 42.5 Å². The maximum atomic E-state index is 13.0. The van der Waals surface area contributed by atoms with E-state index in [2.05, 4.69) is 44.7 Å². The number of piperidine rings is 1. The number of anilines is 1. The summed E-state index contributed by atoms with van der Waals surface area (Å²) in [4.78, 5) is 17.5. The Morgan fingerprint density at radius 3 is 2.40 bits per heavy atom. The lowest BCUT2D eigenvalue weighted by Gasteiger charge is -2.41. The number of nitrogens with zero attached hydrogens (tertiary/aromatic N) is 2. The van der Waals surface area contributed by atoms with Gasteiger partial charge in [-0.25, -0.2) is 0 Å². The molecule has 2 aromatic carbocycles. The topological polar surface area (TPSA) is 58.8 Å². The van der Waals surface area contributed by atoms with E-state index in [4.69, 9.17) is 22.1 Å². The van der Waals surface area contributed by atoms with E-state index in [1.165, 1.54) is 5.69 Å². The van der Waals surface area contributed by atoms with Crippen LogP contribution in [0.25, 0.3) is 0 Å². The third-order valence-corrected chi connectivity index (χ3v) is 6.88. The second kappa shape index (κ2) is 13.2. The third-order valence-electron chi connectivity index (χ3n) is 6.63. The zero-order chi connectivity index (χ0) is 25.4. The zero-order valence-electron chi connectivity index (χ0n) is 21.8. The Morgan fingerprint density at radius 1 is 1.09 bits per heavy atom. The molecule has 192 valence electrons. The average Bonchev–Trinajstić information content (AvgIpc) is 2.83. The molecule has 0 aromatic heterocycles. The molecule has 1 aliphatic heterocycles. The van der Waals surface area contributed by atoms with Crippen LogP contribution in [0.3, 0.4) is 0 Å². The number of carbonyl (C=O) groups is 1. The van der Waals surface area contributed by atoms with Crippen molar-refractivity contribution in [1.82, 2.24) is 4.90 Å². The standard InChI is InChI=1S/C29H42ClN3O2/c1-21(2)15-17-33(26-6-5-16-32(19-26)29(34)28(31)18-22(3)4)25-11-13-27(14-12-25)35-20-23-7-9-24(30)10-8-23/h7-14,21-22,26,28H,5-6,15-20,31H2,1-4H3. The SMILES string of the molecule is CC(C)CCN(c1ccc(OCc2ccc(Cl)cc2)cc1)C1CCCN(C(=O)C(N)CC(C)C)C1. The van der Waals surface area contributed by atoms with Crippen molar-refractivity contribution in [3.8, 4) is 5.75 Å². The first kappa shape index (κ1) is 27.3. The van der Waals surface area contributed by atoms with Gasteiger partial charge in [-0.05, 0) is 79.5 Å². The van der Waals surface area contributed by atoms with Gasteiger partial charge in [-0.3, -0.25) is 4.79 Å². The lowest BCUT2D eigenvalue weighted by molar-refractivity contribution is -0.134. The highest BCUT2D eigenvalue weighted by Gasteiger charge is 2.30. The molecule has 1 heterocycles. The number of rotatable bonds is 11. The third kappa shape index (κ3) is 8.43. The highest BCUT2D eigenvalue weighted by atomic mass is 35.5. The Balaban J connectivity index is 1.68. The molecule has 0 bridgehead atoms. The predicted octanol–water partition coefficient (Wildman–Crippen LogP) is 6.14. The highest BCUT2D eigenvalue weighted by Crippen LogP contribution is 2.27. The van der Waals surface area contributed by atoms with E-state index in [-0.39, 0.29) is 5.91 Å². The van der Waals surface area contributed by atoms with Gasteiger partial charge in [-0.1, -0.05) is 51.4 Å². The number of hydrogen-bond acceptors (Lipinski definition) is 4. The molecule has 0 radical (unpaired) electrons. The molecule has 1 amide bonds. The largest absolute Gasteiger partial charge is 0.489 e. The normalized spacial score (nSPS) is 17.0. The summed E-state index contributed by atoms with van der Waals surface area (Å²) in [6, 6.07) is 16.0. The fraction of sp³-hybridized carbons (Fsp3) is 0.552. The molecular weight excluding hydrogens is 458 g/mol. The molecule has 6 heteroatoms. The van der Waals surface area contributed by atoms with Crippen molar-refractivity contribution >= 4 is 23.2 Å². The number of halogens is 1. The van der Waals surface area contributed by atoms with Gasteiger partial charge in [0.05, 0.1) is 6.04 Å². The Hall–Kier alpha value is -2.24. The summed E-state index contributed by atoms with van der Waals surface area (Å²) in [6.07, 6.45) is 3.92. The van der Waals surface area contributed by atoms with Crippen LogP contribution in [0.1, 0.15) is 58.9 Å². The first-order chi connectivity index (χ1) is 16.7. The minimum Gasteiger partial charge on any atom is -0.489 e. The molecule has 2 aromatic rings. The molecule has 0 saturated carbocycles. The Kier molecular flexibility index (Phi) is 10.3. The second-order valence-electron chi connectivity index (χ2n) is 10.6. The molecule has 5 nitrogen and oxygen atoms in total. The van der Waals surface area contributed by atoms with Crippen molar-refractivity contribution in [3.05, 3.63) is 59.1 Å². The number of amides is 1. The van der Waals surface area contributed by atoms with E-state index in [9.17, 15) is 4.79 Å². The summed E-state index contributed by atoms with van der Waals surface area (Å²) < 4.78 is 5.99. The molecule has 35 heavy (non-hydrogen) atoms. The Bertz CT molecular complexity index is 915. The van der Waals surface area contributed by atoms with E-state index in [0.29, 0.717) is 24.5 Å². The minimum atomic E-state index is -0.407. The zero-order valence-corrected chi connectivity index (χ0v) is 22.5. The fourth-order valence-corrected chi connectivity index (χ4v) is 4.78. The smallest absolute Gasteiger partial charge is 0.239 e. The second-order valence-corrected chi connectivity index (χ2v) is 11.0. The van der Waals surface area contributed by atoms with Gasteiger partial charge < -0.3 is 20.3 Å². The van der Waals surface area contributed by atoms with Crippen LogP contribution in [0.15, 0.2) is 48.5 Å². The Labute approximate surface area is 216 Å². The van der Waals surface area contributed by atoms with E-state index in [0.717, 1.165) is 61.7 Å². The van der Waals surface area contributed by atoms with Gasteiger partial charge in [0.2, 0.25) is 5.91 Å². The summed E-state index contributed by atoms with van der Waals surface area (Å²) in [6.45, 7) is 11.7. The van der Waals surface area contributed by atoms with Crippen molar-refractivity contribution in [2.45, 2.75) is 72.1 Å². The van der Waals surface area contributed by atoms with Gasteiger partial charge in [-0.2, -0.15) is 0 Å². The number of carbonyl (C=O) groups excluding carboxylic acids is 1. The van der Waals surface area contributed by atoms with Crippen LogP contribution in [-0.2, 0) is 11.4 Å². The van der Waals surface area contributed by atoms with Gasteiger partial charge in [0.15, 0.2) is 0 Å². The summed E-state index contributed by atoms with van der Waals surface area (Å²) >= 11 is 5.97. The highest BCUT2D eigenvalue weighted by molar-refractivity contribution is 6.30. The molecule has 1 saturated heterocycles. The van der Waals surface area contributed by atoms with Crippen LogP contribution >= 0.6 is 11.6 Å². The van der Waals surface area contributed by atoms with Crippen molar-refractivity contribution < 1.29 is 9.53 Å². The number of ether oxygens (including phenoxy) is 1. The number of hydrogen-bond donors (Lipinski definition) is 1. The van der Waals surface area contributed by atoms with Crippen molar-refractivity contribution in [2.24, 2.45) is 17.6 Å². The van der Waals surface area contributed by atoms with Gasteiger partial charge in [-0.15, -0.1) is 0 Å². The predicted molar refractivity (Wildman–Crippen MR) is 146 cm³/mol. The summed E-state index contributed by atoms with van der Waals surface area (Å²) in [7, 11) is 0. The van der Waals surface area contributed by atoms with Gasteiger partial charge in [0.25, 0.3) is 0 Å². The first-order valence-corrected chi connectivity index (χ1v) is 13.4. The van der Waals surface area contributed by atoms with Crippen LogP contribution in [0.5, 0.6) is 5.75 Å². The number of benzene rings is 2. The molecule has 0 aliphatic carbocycles. The lowest BCUT2D eigenvalue weighted by atomic mass is 9.99. The van der Waals surface area contributed by atoms with Gasteiger partial charge >= 0.3 is 0 Å². The first-order valence-electron chi connectivity index (χ1n) is 13.0. The van der Waals surface area contributed by atoms with E-state index in [1.54, 1.807) is 0 Å². The fourth-order valence-electron chi connectivity index (χ4n) is 4.65. The number of likely N-dealkylation sites (tertiary alicyclic amines) is 1. The minimum absolute atomic E-state index is 0.0955. The molecule has 2 atom stereocenters. The van der Waals surface area contributed by atoms with Gasteiger partial charge in [0, 0.05) is 36.4 Å². The maximum Gasteiger partial charge on any atom is 0.239 e. The van der Waals surface area contributed by atoms with E-state index >= 15 is 0 Å². The van der Waals surface area contributed by atoms with Crippen LogP contribution in [0.2, 0.25) is 5.02 Å². The van der Waals surface area contributed by atoms with Crippen molar-refractivity contribution in [3.63, 3.8) is 0 Å². The van der Waals surface area contributed by atoms with Crippen LogP contribution in [0, 0.1) is 11.8 Å². The van der Waals surface area contributed by atoms with E-state index in [1.807, 2.05) is 41.3 Å². The van der Waals surface area contributed by atoms with Crippen LogP contribution < -0.4 is 15.4 Å². The molecule has 1 fully saturated rings. The monoisotopic (exact) mass is 499 g/mol. The molecule has 1 aliphatic rings. The molecule has 0 spiro atoms. The summed E-state index contributed by atoms with van der Waals surface area (Å²) in [5, 5.41) is 0.726. The van der Waals surface area contributed by atoms with Crippen LogP contribution in [0.4, 0.5) is 5.69 Å². The quantitative estimate of drug-likeness (QED) is 0.403. The lowest BCUT2D eigenvalue weighted by Crippen LogP contribution is -2.54. The average molecular weight is 500 g/mol. The van der Waals surface area contributed by atoms with Crippen molar-refractivity contribution in [2.75, 3.05) is 24.5 Å². The van der Waals surface area contributed by atoms with Crippen molar-refractivity contribution in [1.29, 1.82) is 0 Å². The van der Waals surface area contributed by atoms with Gasteiger partial charge in [0.1, 0.15) is 12.4 Å². The summed E-state index contributed by atoms with van der Waals surface area (Å²) in [5.41, 5.74) is 8.51. The molecule has 2 unspecified atom stereocenters. The molecular formula is C29H42ClN3O2. The Morgan fingerprint density at radius 2 is 1.77 bits per heavy atom. The maximum absolute atomic E-state index is 13.0. The molecule has 2 N–H and O–H groups in total. The van der Waals surface area contributed by atoms with E-state index < -0.39 is 6.04 Å². The number of nitrogens with two attached hydrogens (primary N) is 1. The summed E-state index contributed by atoms with van der Waals surface area (Å²) in [5.74, 6) is 1.96. The molecule has 3 rings (SSSR count).